The number of benzene rings is 1. The topological polar surface area (TPSA) is 32.9 Å². The Morgan fingerprint density at radius 2 is 2.24 bits per heavy atom. The van der Waals surface area contributed by atoms with Crippen LogP contribution in [-0.2, 0) is 6.42 Å². The van der Waals surface area contributed by atoms with Gasteiger partial charge in [0.25, 0.3) is 0 Å². The van der Waals surface area contributed by atoms with Gasteiger partial charge in [0.2, 0.25) is 0 Å². The van der Waals surface area contributed by atoms with Gasteiger partial charge < -0.3 is 4.98 Å². The molecule has 0 spiro atoms. The first-order valence-corrected chi connectivity index (χ1v) is 6.35. The van der Waals surface area contributed by atoms with Crippen molar-refractivity contribution in [3.63, 3.8) is 0 Å². The van der Waals surface area contributed by atoms with Crippen molar-refractivity contribution >= 4 is 16.7 Å². The summed E-state index contributed by atoms with van der Waals surface area (Å²) in [6.45, 7) is 4.29. The van der Waals surface area contributed by atoms with Gasteiger partial charge in [-0.15, -0.1) is 0 Å². The lowest BCUT2D eigenvalue weighted by Crippen LogP contribution is -2.01. The van der Waals surface area contributed by atoms with E-state index < -0.39 is 0 Å². The average molecular weight is 227 g/mol. The predicted molar refractivity (Wildman–Crippen MR) is 69.3 cm³/mol. The molecule has 0 amide bonds. The third-order valence-electron chi connectivity index (χ3n) is 3.89. The SMILES string of the molecule is CCc1cccc2c(C(=O)C3CC3C)c[nH]c12. The molecule has 88 valence electrons. The first-order chi connectivity index (χ1) is 8.22. The van der Waals surface area contributed by atoms with Crippen LogP contribution in [0.3, 0.4) is 0 Å². The number of H-pyrrole nitrogens is 1. The van der Waals surface area contributed by atoms with Crippen LogP contribution >= 0.6 is 0 Å². The molecule has 1 heterocycles. The van der Waals surface area contributed by atoms with E-state index in [0.29, 0.717) is 11.7 Å². The fraction of sp³-hybridized carbons (Fsp3) is 0.400. The standard InChI is InChI=1S/C15H17NO/c1-3-10-5-4-6-11-13(8-16-14(10)11)15(17)12-7-9(12)2/h4-6,8-9,12,16H,3,7H2,1-2H3. The summed E-state index contributed by atoms with van der Waals surface area (Å²) in [5.41, 5.74) is 3.29. The zero-order chi connectivity index (χ0) is 12.0. The maximum Gasteiger partial charge on any atom is 0.168 e. The zero-order valence-electron chi connectivity index (χ0n) is 10.3. The highest BCUT2D eigenvalue weighted by atomic mass is 16.1. The Morgan fingerprint density at radius 3 is 2.88 bits per heavy atom. The Morgan fingerprint density at radius 1 is 1.47 bits per heavy atom. The maximum absolute atomic E-state index is 12.3. The summed E-state index contributed by atoms with van der Waals surface area (Å²) >= 11 is 0. The van der Waals surface area contributed by atoms with Crippen LogP contribution in [0.4, 0.5) is 0 Å². The lowest BCUT2D eigenvalue weighted by Gasteiger charge is -2.00. The van der Waals surface area contributed by atoms with E-state index in [-0.39, 0.29) is 5.92 Å². The number of rotatable bonds is 3. The summed E-state index contributed by atoms with van der Waals surface area (Å²) in [6, 6.07) is 6.21. The fourth-order valence-electron chi connectivity index (χ4n) is 2.60. The number of nitrogens with one attached hydrogen (secondary N) is 1. The zero-order valence-corrected chi connectivity index (χ0v) is 10.3. The number of carbonyl (C=O) groups is 1. The van der Waals surface area contributed by atoms with Crippen molar-refractivity contribution in [1.29, 1.82) is 0 Å². The molecule has 1 fully saturated rings. The van der Waals surface area contributed by atoms with Gasteiger partial charge in [0.15, 0.2) is 5.78 Å². The minimum Gasteiger partial charge on any atom is -0.360 e. The van der Waals surface area contributed by atoms with Gasteiger partial charge in [-0.3, -0.25) is 4.79 Å². The number of fused-ring (bicyclic) bond motifs is 1. The van der Waals surface area contributed by atoms with Gasteiger partial charge in [0.05, 0.1) is 0 Å². The molecule has 1 saturated carbocycles. The Hall–Kier alpha value is -1.57. The molecular weight excluding hydrogens is 210 g/mol. The molecule has 3 rings (SSSR count). The predicted octanol–water partition coefficient (Wildman–Crippen LogP) is 3.57. The lowest BCUT2D eigenvalue weighted by molar-refractivity contribution is 0.0964. The van der Waals surface area contributed by atoms with E-state index in [4.69, 9.17) is 0 Å². The van der Waals surface area contributed by atoms with Gasteiger partial charge in [-0.25, -0.2) is 0 Å². The Balaban J connectivity index is 2.09. The van der Waals surface area contributed by atoms with Crippen molar-refractivity contribution in [3.8, 4) is 0 Å². The number of ketones is 1. The van der Waals surface area contributed by atoms with E-state index >= 15 is 0 Å². The second-order valence-electron chi connectivity index (χ2n) is 5.08. The van der Waals surface area contributed by atoms with E-state index in [1.165, 1.54) is 5.56 Å². The third-order valence-corrected chi connectivity index (χ3v) is 3.89. The van der Waals surface area contributed by atoms with Crippen LogP contribution in [0.1, 0.15) is 36.2 Å². The number of para-hydroxylation sites is 1. The van der Waals surface area contributed by atoms with Gasteiger partial charge in [-0.05, 0) is 24.3 Å². The molecule has 1 aromatic carbocycles. The minimum atomic E-state index is 0.263. The molecule has 2 unspecified atom stereocenters. The Bertz CT molecular complexity index is 582. The normalized spacial score (nSPS) is 22.9. The molecule has 2 heteroatoms. The second-order valence-corrected chi connectivity index (χ2v) is 5.08. The van der Waals surface area contributed by atoms with Gasteiger partial charge >= 0.3 is 0 Å². The molecular formula is C15H17NO. The van der Waals surface area contributed by atoms with E-state index in [2.05, 4.69) is 24.9 Å². The van der Waals surface area contributed by atoms with Crippen molar-refractivity contribution in [3.05, 3.63) is 35.5 Å². The summed E-state index contributed by atoms with van der Waals surface area (Å²) in [6.07, 6.45) is 3.93. The molecule has 2 nitrogen and oxygen atoms in total. The molecule has 0 saturated heterocycles. The molecule has 1 aromatic heterocycles. The first kappa shape index (κ1) is 10.6. The van der Waals surface area contributed by atoms with Gasteiger partial charge in [-0.1, -0.05) is 32.0 Å². The molecule has 1 aliphatic carbocycles. The van der Waals surface area contributed by atoms with Crippen LogP contribution < -0.4 is 0 Å². The summed E-state index contributed by atoms with van der Waals surface area (Å²) in [5, 5.41) is 1.09. The van der Waals surface area contributed by atoms with E-state index in [0.717, 1.165) is 29.3 Å². The summed E-state index contributed by atoms with van der Waals surface area (Å²) in [7, 11) is 0. The second kappa shape index (κ2) is 3.73. The number of hydrogen-bond donors (Lipinski definition) is 1. The molecule has 1 N–H and O–H groups in total. The van der Waals surface area contributed by atoms with Crippen molar-refractivity contribution < 1.29 is 4.79 Å². The van der Waals surface area contributed by atoms with Crippen molar-refractivity contribution in [1.82, 2.24) is 4.98 Å². The molecule has 0 radical (unpaired) electrons. The van der Waals surface area contributed by atoms with Gasteiger partial charge in [-0.2, -0.15) is 0 Å². The minimum absolute atomic E-state index is 0.263. The number of Topliss-reactive ketones (excluding diaryl/α,β-unsaturated/α-hetero) is 1. The van der Waals surface area contributed by atoms with Crippen LogP contribution in [0, 0.1) is 11.8 Å². The number of aromatic nitrogens is 1. The van der Waals surface area contributed by atoms with Crippen LogP contribution in [0.15, 0.2) is 24.4 Å². The van der Waals surface area contributed by atoms with E-state index in [1.54, 1.807) is 0 Å². The Labute approximate surface area is 101 Å². The molecule has 17 heavy (non-hydrogen) atoms. The van der Waals surface area contributed by atoms with E-state index in [9.17, 15) is 4.79 Å². The van der Waals surface area contributed by atoms with Crippen LogP contribution in [0.25, 0.3) is 10.9 Å². The maximum atomic E-state index is 12.3. The summed E-state index contributed by atoms with van der Waals surface area (Å²) < 4.78 is 0. The van der Waals surface area contributed by atoms with Crippen LogP contribution in [0.2, 0.25) is 0 Å². The van der Waals surface area contributed by atoms with Crippen molar-refractivity contribution in [2.24, 2.45) is 11.8 Å². The highest BCUT2D eigenvalue weighted by Crippen LogP contribution is 2.41. The number of aryl methyl sites for hydroxylation is 1. The average Bonchev–Trinajstić information content (AvgIpc) is 2.91. The highest BCUT2D eigenvalue weighted by Gasteiger charge is 2.40. The Kier molecular flexibility index (Phi) is 2.32. The largest absolute Gasteiger partial charge is 0.360 e. The summed E-state index contributed by atoms with van der Waals surface area (Å²) in [4.78, 5) is 15.5. The molecule has 0 bridgehead atoms. The van der Waals surface area contributed by atoms with Gasteiger partial charge in [0.1, 0.15) is 0 Å². The van der Waals surface area contributed by atoms with Gasteiger partial charge in [0, 0.05) is 28.6 Å². The van der Waals surface area contributed by atoms with Crippen LogP contribution in [0.5, 0.6) is 0 Å². The highest BCUT2D eigenvalue weighted by molar-refractivity contribution is 6.10. The number of carbonyl (C=O) groups excluding carboxylic acids is 1. The monoisotopic (exact) mass is 227 g/mol. The van der Waals surface area contributed by atoms with Crippen molar-refractivity contribution in [2.75, 3.05) is 0 Å². The van der Waals surface area contributed by atoms with E-state index in [1.807, 2.05) is 18.3 Å². The van der Waals surface area contributed by atoms with Crippen molar-refractivity contribution in [2.45, 2.75) is 26.7 Å². The lowest BCUT2D eigenvalue weighted by atomic mass is 10.0. The molecule has 2 aromatic rings. The molecule has 2 atom stereocenters. The smallest absolute Gasteiger partial charge is 0.168 e. The molecule has 1 aliphatic rings. The quantitative estimate of drug-likeness (QED) is 0.799. The third kappa shape index (κ3) is 1.59. The van der Waals surface area contributed by atoms with Crippen LogP contribution in [-0.4, -0.2) is 10.8 Å². The number of aromatic amines is 1. The number of hydrogen-bond acceptors (Lipinski definition) is 1. The summed E-state index contributed by atoms with van der Waals surface area (Å²) in [5.74, 6) is 1.15. The molecule has 0 aliphatic heterocycles. The first-order valence-electron chi connectivity index (χ1n) is 6.35. The fourth-order valence-corrected chi connectivity index (χ4v) is 2.60.